The largest absolute Gasteiger partial charge is 0.349 e. The van der Waals surface area contributed by atoms with Gasteiger partial charge < -0.3 is 10.2 Å². The summed E-state index contributed by atoms with van der Waals surface area (Å²) in [4.78, 5) is 31.5. The molecule has 0 bridgehead atoms. The molecule has 2 fully saturated rings. The van der Waals surface area contributed by atoms with Gasteiger partial charge in [0.15, 0.2) is 0 Å². The van der Waals surface area contributed by atoms with Crippen LogP contribution in [-0.2, 0) is 0 Å². The van der Waals surface area contributed by atoms with Crippen LogP contribution in [0.3, 0.4) is 0 Å². The van der Waals surface area contributed by atoms with E-state index in [1.165, 1.54) is 28.5 Å². The van der Waals surface area contributed by atoms with E-state index >= 15 is 0 Å². The van der Waals surface area contributed by atoms with E-state index in [0.29, 0.717) is 4.96 Å². The quantitative estimate of drug-likeness (QED) is 0.914. The molecule has 0 spiro atoms. The summed E-state index contributed by atoms with van der Waals surface area (Å²) in [6, 6.07) is 0.215. The molecule has 0 atom stereocenters. The van der Waals surface area contributed by atoms with Crippen LogP contribution in [0.25, 0.3) is 4.96 Å². The van der Waals surface area contributed by atoms with Gasteiger partial charge in [0, 0.05) is 25.3 Å². The predicted molar refractivity (Wildman–Crippen MR) is 83.7 cm³/mol. The Hall–Kier alpha value is -1.96. The van der Waals surface area contributed by atoms with Gasteiger partial charge in [-0.15, -0.1) is 5.10 Å². The Morgan fingerprint density at radius 3 is 2.77 bits per heavy atom. The van der Waals surface area contributed by atoms with Crippen molar-refractivity contribution in [3.63, 3.8) is 0 Å². The lowest BCUT2D eigenvalue weighted by atomic mass is 10.1. The molecule has 1 aliphatic carbocycles. The van der Waals surface area contributed by atoms with Gasteiger partial charge in [-0.3, -0.25) is 9.59 Å². The predicted octanol–water partition coefficient (Wildman–Crippen LogP) is 1.03. The smallest absolute Gasteiger partial charge is 0.288 e. The third-order valence-corrected chi connectivity index (χ3v) is 5.04. The first kappa shape index (κ1) is 13.7. The van der Waals surface area contributed by atoms with E-state index in [2.05, 4.69) is 20.3 Å². The van der Waals surface area contributed by atoms with Gasteiger partial charge >= 0.3 is 0 Å². The summed E-state index contributed by atoms with van der Waals surface area (Å²) >= 11 is 1.40. The number of hydrogen-bond acceptors (Lipinski definition) is 6. The lowest BCUT2D eigenvalue weighted by Crippen LogP contribution is -2.33. The Bertz CT molecular complexity index is 773. The summed E-state index contributed by atoms with van der Waals surface area (Å²) in [5, 5.41) is 8.01. The summed E-state index contributed by atoms with van der Waals surface area (Å²) in [6.07, 6.45) is 6.87. The molecule has 22 heavy (non-hydrogen) atoms. The van der Waals surface area contributed by atoms with Crippen molar-refractivity contribution in [3.05, 3.63) is 22.1 Å². The summed E-state index contributed by atoms with van der Waals surface area (Å²) in [5.41, 5.74) is -0.317. The van der Waals surface area contributed by atoms with E-state index < -0.39 is 0 Å². The molecule has 1 saturated heterocycles. The number of carbonyl (C=O) groups is 1. The molecular formula is C14H17N5O2S. The van der Waals surface area contributed by atoms with E-state index in [9.17, 15) is 9.59 Å². The van der Waals surface area contributed by atoms with Crippen molar-refractivity contribution in [3.8, 4) is 0 Å². The SMILES string of the molecule is O=C(NC1CC1)c1cnc2sc(N3CCCCC3)nn2c1=O. The summed E-state index contributed by atoms with van der Waals surface area (Å²) in [5.74, 6) is -0.345. The maximum Gasteiger partial charge on any atom is 0.288 e. The number of carbonyl (C=O) groups excluding carboxylic acids is 1. The van der Waals surface area contributed by atoms with Gasteiger partial charge in [0.1, 0.15) is 5.56 Å². The molecule has 7 nitrogen and oxygen atoms in total. The zero-order valence-corrected chi connectivity index (χ0v) is 12.9. The molecule has 4 rings (SSSR count). The Balaban J connectivity index is 1.68. The Kier molecular flexibility index (Phi) is 3.33. The molecule has 1 saturated carbocycles. The topological polar surface area (TPSA) is 79.6 Å². The molecule has 2 aromatic rings. The highest BCUT2D eigenvalue weighted by Gasteiger charge is 2.26. The Morgan fingerprint density at radius 1 is 1.27 bits per heavy atom. The van der Waals surface area contributed by atoms with Crippen LogP contribution >= 0.6 is 11.3 Å². The van der Waals surface area contributed by atoms with Crippen molar-refractivity contribution < 1.29 is 4.79 Å². The van der Waals surface area contributed by atoms with Crippen LogP contribution in [0.2, 0.25) is 0 Å². The molecule has 2 aromatic heterocycles. The fourth-order valence-corrected chi connectivity index (χ4v) is 3.55. The Morgan fingerprint density at radius 2 is 2.05 bits per heavy atom. The van der Waals surface area contributed by atoms with Gasteiger partial charge in [-0.2, -0.15) is 4.52 Å². The second-order valence-electron chi connectivity index (χ2n) is 5.85. The summed E-state index contributed by atoms with van der Waals surface area (Å²) in [6.45, 7) is 1.92. The number of nitrogens with zero attached hydrogens (tertiary/aromatic N) is 4. The lowest BCUT2D eigenvalue weighted by Gasteiger charge is -2.25. The van der Waals surface area contributed by atoms with E-state index in [4.69, 9.17) is 0 Å². The van der Waals surface area contributed by atoms with Gasteiger partial charge in [0.2, 0.25) is 10.1 Å². The molecule has 1 amide bonds. The fourth-order valence-electron chi connectivity index (χ4n) is 2.64. The zero-order valence-electron chi connectivity index (χ0n) is 12.1. The minimum atomic E-state index is -0.386. The highest BCUT2D eigenvalue weighted by molar-refractivity contribution is 7.20. The van der Waals surface area contributed by atoms with E-state index in [1.807, 2.05) is 0 Å². The van der Waals surface area contributed by atoms with Gasteiger partial charge in [0.25, 0.3) is 11.5 Å². The van der Waals surface area contributed by atoms with Crippen molar-refractivity contribution in [2.45, 2.75) is 38.1 Å². The molecule has 0 unspecified atom stereocenters. The van der Waals surface area contributed by atoms with E-state index in [-0.39, 0.29) is 23.1 Å². The normalized spacial score (nSPS) is 18.6. The summed E-state index contributed by atoms with van der Waals surface area (Å²) in [7, 11) is 0. The van der Waals surface area contributed by atoms with Gasteiger partial charge in [0.05, 0.1) is 0 Å². The molecule has 0 radical (unpaired) electrons. The number of amides is 1. The number of aromatic nitrogens is 3. The van der Waals surface area contributed by atoms with Crippen LogP contribution < -0.4 is 15.8 Å². The van der Waals surface area contributed by atoms with Crippen molar-refractivity contribution in [2.24, 2.45) is 0 Å². The van der Waals surface area contributed by atoms with Gasteiger partial charge in [-0.05, 0) is 32.1 Å². The number of rotatable bonds is 3. The highest BCUT2D eigenvalue weighted by atomic mass is 32.1. The first-order valence-corrected chi connectivity index (χ1v) is 8.49. The highest BCUT2D eigenvalue weighted by Crippen LogP contribution is 2.24. The number of fused-ring (bicyclic) bond motifs is 1. The van der Waals surface area contributed by atoms with Crippen molar-refractivity contribution >= 4 is 27.3 Å². The van der Waals surface area contributed by atoms with Gasteiger partial charge in [-0.25, -0.2) is 4.98 Å². The van der Waals surface area contributed by atoms with Crippen LogP contribution in [0, 0.1) is 0 Å². The third kappa shape index (κ3) is 2.47. The minimum Gasteiger partial charge on any atom is -0.349 e. The maximum absolute atomic E-state index is 12.5. The third-order valence-electron chi connectivity index (χ3n) is 4.06. The number of anilines is 1. The standard InChI is InChI=1S/C14H17N5O2S/c20-11(16-9-4-5-9)10-8-15-13-19(12(10)21)17-14(22-13)18-6-2-1-3-7-18/h8-9H,1-7H2,(H,16,20). The molecule has 3 heterocycles. The zero-order chi connectivity index (χ0) is 15.1. The lowest BCUT2D eigenvalue weighted by molar-refractivity contribution is 0.0949. The second kappa shape index (κ2) is 5.35. The van der Waals surface area contributed by atoms with Crippen molar-refractivity contribution in [1.29, 1.82) is 0 Å². The molecular weight excluding hydrogens is 302 g/mol. The monoisotopic (exact) mass is 319 g/mol. The minimum absolute atomic E-state index is 0.0693. The average Bonchev–Trinajstić information content (AvgIpc) is 3.23. The number of hydrogen-bond donors (Lipinski definition) is 1. The average molecular weight is 319 g/mol. The van der Waals surface area contributed by atoms with Crippen LogP contribution in [0.1, 0.15) is 42.5 Å². The number of nitrogens with one attached hydrogen (secondary N) is 1. The van der Waals surface area contributed by atoms with Crippen LogP contribution in [0.5, 0.6) is 0 Å². The molecule has 116 valence electrons. The van der Waals surface area contributed by atoms with Crippen molar-refractivity contribution in [2.75, 3.05) is 18.0 Å². The van der Waals surface area contributed by atoms with Crippen LogP contribution in [-0.4, -0.2) is 39.6 Å². The molecule has 8 heteroatoms. The second-order valence-corrected chi connectivity index (χ2v) is 6.79. The molecule has 1 aliphatic heterocycles. The first-order valence-electron chi connectivity index (χ1n) is 7.67. The van der Waals surface area contributed by atoms with Crippen LogP contribution in [0.15, 0.2) is 11.0 Å². The number of piperidine rings is 1. The fraction of sp³-hybridized carbons (Fsp3) is 0.571. The maximum atomic E-state index is 12.5. The molecule has 0 aromatic carbocycles. The first-order chi connectivity index (χ1) is 10.7. The van der Waals surface area contributed by atoms with Gasteiger partial charge in [-0.1, -0.05) is 11.3 Å². The van der Waals surface area contributed by atoms with Crippen molar-refractivity contribution in [1.82, 2.24) is 19.9 Å². The van der Waals surface area contributed by atoms with E-state index in [1.54, 1.807) is 0 Å². The molecule has 1 N–H and O–H groups in total. The van der Waals surface area contributed by atoms with E-state index in [0.717, 1.165) is 43.9 Å². The molecule has 2 aliphatic rings. The summed E-state index contributed by atoms with van der Waals surface area (Å²) < 4.78 is 1.26. The van der Waals surface area contributed by atoms with Crippen LogP contribution in [0.4, 0.5) is 5.13 Å². The Labute approximate surface area is 131 Å².